The second-order valence-electron chi connectivity index (χ2n) is 6.44. The van der Waals surface area contributed by atoms with Crippen LogP contribution in [0.4, 0.5) is 5.69 Å². The van der Waals surface area contributed by atoms with Gasteiger partial charge in [0.05, 0.1) is 20.8 Å². The number of ether oxygens (including phenoxy) is 2. The molecule has 3 N–H and O–H groups in total. The maximum absolute atomic E-state index is 11.2. The van der Waals surface area contributed by atoms with Crippen molar-refractivity contribution in [2.24, 2.45) is 4.99 Å². The topological polar surface area (TPSA) is 84.0 Å². The molecule has 164 valence electrons. The summed E-state index contributed by atoms with van der Waals surface area (Å²) in [5.74, 6) is 2.11. The van der Waals surface area contributed by atoms with E-state index in [1.807, 2.05) is 49.4 Å². The van der Waals surface area contributed by atoms with Crippen LogP contribution in [0.2, 0.25) is 0 Å². The molecule has 7 nitrogen and oxygen atoms in total. The Hall–Kier alpha value is -2.49. The Bertz CT molecular complexity index is 843. The van der Waals surface area contributed by atoms with Crippen LogP contribution in [0.3, 0.4) is 0 Å². The van der Waals surface area contributed by atoms with Crippen molar-refractivity contribution in [3.05, 3.63) is 53.6 Å². The summed E-state index contributed by atoms with van der Waals surface area (Å²) in [5.41, 5.74) is 2.94. The van der Waals surface area contributed by atoms with Crippen molar-refractivity contribution in [2.45, 2.75) is 26.8 Å². The summed E-state index contributed by atoms with van der Waals surface area (Å²) in [4.78, 5) is 15.8. The van der Waals surface area contributed by atoms with Gasteiger partial charge in [-0.05, 0) is 48.7 Å². The number of anilines is 1. The van der Waals surface area contributed by atoms with Crippen molar-refractivity contribution in [1.82, 2.24) is 10.6 Å². The highest BCUT2D eigenvalue weighted by atomic mass is 127. The maximum Gasteiger partial charge on any atom is 0.221 e. The second kappa shape index (κ2) is 13.7. The first kappa shape index (κ1) is 25.5. The molecule has 0 aliphatic rings. The van der Waals surface area contributed by atoms with E-state index in [4.69, 9.17) is 9.47 Å². The van der Waals surface area contributed by atoms with Gasteiger partial charge in [0.15, 0.2) is 17.5 Å². The largest absolute Gasteiger partial charge is 0.493 e. The van der Waals surface area contributed by atoms with E-state index < -0.39 is 0 Å². The first-order chi connectivity index (χ1) is 14.0. The van der Waals surface area contributed by atoms with E-state index in [0.29, 0.717) is 6.54 Å². The van der Waals surface area contributed by atoms with Gasteiger partial charge in [-0.15, -0.1) is 24.0 Å². The molecule has 0 radical (unpaired) electrons. The molecule has 30 heavy (non-hydrogen) atoms. The highest BCUT2D eigenvalue weighted by Crippen LogP contribution is 2.27. The highest BCUT2D eigenvalue weighted by molar-refractivity contribution is 14.0. The summed E-state index contributed by atoms with van der Waals surface area (Å²) in [6.45, 7) is 5.54. The maximum atomic E-state index is 11.2. The summed E-state index contributed by atoms with van der Waals surface area (Å²) in [7, 11) is 3.26. The van der Waals surface area contributed by atoms with Gasteiger partial charge < -0.3 is 25.4 Å². The van der Waals surface area contributed by atoms with E-state index in [9.17, 15) is 4.79 Å². The SMILES string of the molecule is CCNC(=NCc1cccc(NC(C)=O)c1)NCCc1ccc(OC)c(OC)c1.I. The average molecular weight is 526 g/mol. The molecule has 1 amide bonds. The second-order valence-corrected chi connectivity index (χ2v) is 6.44. The molecule has 0 saturated carbocycles. The number of nitrogens with one attached hydrogen (secondary N) is 3. The fourth-order valence-corrected chi connectivity index (χ4v) is 2.82. The van der Waals surface area contributed by atoms with Crippen LogP contribution in [0, 0.1) is 0 Å². The summed E-state index contributed by atoms with van der Waals surface area (Å²) in [6.07, 6.45) is 0.822. The van der Waals surface area contributed by atoms with Crippen LogP contribution in [0.5, 0.6) is 11.5 Å². The average Bonchev–Trinajstić information content (AvgIpc) is 2.71. The lowest BCUT2D eigenvalue weighted by atomic mass is 10.1. The number of hydrogen-bond donors (Lipinski definition) is 3. The van der Waals surface area contributed by atoms with E-state index in [1.54, 1.807) is 14.2 Å². The summed E-state index contributed by atoms with van der Waals surface area (Å²) in [6, 6.07) is 13.6. The van der Waals surface area contributed by atoms with E-state index in [0.717, 1.165) is 53.8 Å². The fourth-order valence-electron chi connectivity index (χ4n) is 2.82. The molecule has 0 spiro atoms. The molecule has 0 fully saturated rings. The molecule has 0 aliphatic carbocycles. The Labute approximate surface area is 195 Å². The van der Waals surface area contributed by atoms with Gasteiger partial charge in [0, 0.05) is 25.7 Å². The van der Waals surface area contributed by atoms with Crippen LogP contribution < -0.4 is 25.4 Å². The number of nitrogens with zero attached hydrogens (tertiary/aromatic N) is 1. The number of hydrogen-bond acceptors (Lipinski definition) is 4. The van der Waals surface area contributed by atoms with Crippen molar-refractivity contribution >= 4 is 41.5 Å². The zero-order valence-corrected chi connectivity index (χ0v) is 20.3. The van der Waals surface area contributed by atoms with Gasteiger partial charge >= 0.3 is 0 Å². The third kappa shape index (κ3) is 8.48. The van der Waals surface area contributed by atoms with E-state index in [1.165, 1.54) is 6.92 Å². The number of benzene rings is 2. The van der Waals surface area contributed by atoms with Crippen LogP contribution in [-0.4, -0.2) is 39.2 Å². The molecule has 0 atom stereocenters. The van der Waals surface area contributed by atoms with Crippen molar-refractivity contribution in [3.8, 4) is 11.5 Å². The third-order valence-electron chi connectivity index (χ3n) is 4.17. The van der Waals surface area contributed by atoms with Gasteiger partial charge in [0.2, 0.25) is 5.91 Å². The lowest BCUT2D eigenvalue weighted by Gasteiger charge is -2.13. The molecule has 2 rings (SSSR count). The normalized spacial score (nSPS) is 10.6. The number of amides is 1. The molecule has 0 bridgehead atoms. The van der Waals surface area contributed by atoms with Crippen molar-refractivity contribution < 1.29 is 14.3 Å². The summed E-state index contributed by atoms with van der Waals surface area (Å²) >= 11 is 0. The number of halogens is 1. The molecule has 0 saturated heterocycles. The van der Waals surface area contributed by atoms with Crippen LogP contribution in [0.15, 0.2) is 47.5 Å². The molecule has 0 aliphatic heterocycles. The molecule has 0 heterocycles. The molecular weight excluding hydrogens is 495 g/mol. The summed E-state index contributed by atoms with van der Waals surface area (Å²) < 4.78 is 10.6. The lowest BCUT2D eigenvalue weighted by Crippen LogP contribution is -2.38. The molecule has 0 unspecified atom stereocenters. The van der Waals surface area contributed by atoms with Crippen LogP contribution in [-0.2, 0) is 17.8 Å². The van der Waals surface area contributed by atoms with Gasteiger partial charge in [-0.3, -0.25) is 4.79 Å². The molecule has 2 aromatic carbocycles. The minimum atomic E-state index is -0.0872. The zero-order valence-electron chi connectivity index (χ0n) is 18.0. The van der Waals surface area contributed by atoms with Crippen molar-refractivity contribution in [2.75, 3.05) is 32.6 Å². The monoisotopic (exact) mass is 526 g/mol. The van der Waals surface area contributed by atoms with Gasteiger partial charge in [0.25, 0.3) is 0 Å². The Morgan fingerprint density at radius 1 is 1.00 bits per heavy atom. The van der Waals surface area contributed by atoms with Crippen molar-refractivity contribution in [1.29, 1.82) is 0 Å². The smallest absolute Gasteiger partial charge is 0.221 e. The Balaban J connectivity index is 0.00000450. The Kier molecular flexibility index (Phi) is 11.7. The highest BCUT2D eigenvalue weighted by Gasteiger charge is 2.05. The number of rotatable bonds is 9. The first-order valence-corrected chi connectivity index (χ1v) is 9.65. The zero-order chi connectivity index (χ0) is 21.1. The fraction of sp³-hybridized carbons (Fsp3) is 0.364. The van der Waals surface area contributed by atoms with E-state index >= 15 is 0 Å². The van der Waals surface area contributed by atoms with Crippen LogP contribution in [0.1, 0.15) is 25.0 Å². The molecular formula is C22H31IN4O3. The van der Waals surface area contributed by atoms with Crippen LogP contribution in [0.25, 0.3) is 0 Å². The summed E-state index contributed by atoms with van der Waals surface area (Å²) in [5, 5.41) is 9.39. The van der Waals surface area contributed by atoms with Gasteiger partial charge in [-0.25, -0.2) is 4.99 Å². The van der Waals surface area contributed by atoms with Crippen LogP contribution >= 0.6 is 24.0 Å². The standard InChI is InChI=1S/C22H30N4O3.HI/c1-5-23-22(25-15-18-7-6-8-19(13-18)26-16(2)27)24-12-11-17-9-10-20(28-3)21(14-17)29-4;/h6-10,13-14H,5,11-12,15H2,1-4H3,(H,26,27)(H2,23,24,25);1H. The minimum Gasteiger partial charge on any atom is -0.493 e. The van der Waals surface area contributed by atoms with Crippen molar-refractivity contribution in [3.63, 3.8) is 0 Å². The third-order valence-corrected chi connectivity index (χ3v) is 4.17. The van der Waals surface area contributed by atoms with Gasteiger partial charge in [-0.1, -0.05) is 18.2 Å². The van der Waals surface area contributed by atoms with Gasteiger partial charge in [-0.2, -0.15) is 0 Å². The Morgan fingerprint density at radius 3 is 2.43 bits per heavy atom. The van der Waals surface area contributed by atoms with Gasteiger partial charge in [0.1, 0.15) is 0 Å². The quantitative estimate of drug-likeness (QED) is 0.265. The Morgan fingerprint density at radius 2 is 1.77 bits per heavy atom. The number of carbonyl (C=O) groups is 1. The molecule has 0 aromatic heterocycles. The predicted octanol–water partition coefficient (Wildman–Crippen LogP) is 3.58. The predicted molar refractivity (Wildman–Crippen MR) is 132 cm³/mol. The molecule has 2 aromatic rings. The number of methoxy groups -OCH3 is 2. The minimum absolute atomic E-state index is 0. The van der Waals surface area contributed by atoms with E-state index in [2.05, 4.69) is 20.9 Å². The number of aliphatic imine (C=N–C) groups is 1. The first-order valence-electron chi connectivity index (χ1n) is 9.65. The number of guanidine groups is 1. The molecule has 8 heteroatoms. The lowest BCUT2D eigenvalue weighted by molar-refractivity contribution is -0.114. The number of carbonyl (C=O) groups excluding carboxylic acids is 1. The van der Waals surface area contributed by atoms with E-state index in [-0.39, 0.29) is 29.9 Å².